The van der Waals surface area contributed by atoms with Gasteiger partial charge in [-0.3, -0.25) is 4.79 Å². The van der Waals surface area contributed by atoms with E-state index in [-0.39, 0.29) is 17.4 Å². The second-order valence-corrected chi connectivity index (χ2v) is 11.5. The Bertz CT molecular complexity index is 1980. The number of fused-ring (bicyclic) bond motifs is 4. The van der Waals surface area contributed by atoms with Crippen molar-refractivity contribution in [3.63, 3.8) is 0 Å². The number of aromatic nitrogens is 2. The average Bonchev–Trinajstić information content (AvgIpc) is 3.65. The first-order valence-electron chi connectivity index (χ1n) is 12.4. The van der Waals surface area contributed by atoms with Gasteiger partial charge in [0.1, 0.15) is 11.4 Å². The summed E-state index contributed by atoms with van der Waals surface area (Å²) >= 11 is 0. The van der Waals surface area contributed by atoms with Gasteiger partial charge in [0.05, 0.1) is 39.4 Å². The Morgan fingerprint density at radius 3 is 2.61 bits per heavy atom. The van der Waals surface area contributed by atoms with Crippen molar-refractivity contribution in [2.24, 2.45) is 5.92 Å². The first-order valence-corrected chi connectivity index (χ1v) is 13.8. The van der Waals surface area contributed by atoms with Gasteiger partial charge in [-0.2, -0.15) is 13.7 Å². The zero-order valence-electron chi connectivity index (χ0n) is 20.8. The number of benzene rings is 3. The number of H-pyrrole nitrogens is 1. The Hall–Kier alpha value is -4.16. The van der Waals surface area contributed by atoms with E-state index in [1.54, 1.807) is 30.3 Å². The fourth-order valence-electron chi connectivity index (χ4n) is 5.00. The van der Waals surface area contributed by atoms with Crippen LogP contribution in [-0.4, -0.2) is 24.6 Å². The van der Waals surface area contributed by atoms with Gasteiger partial charge in [-0.05, 0) is 60.7 Å². The number of nitriles is 1. The molecule has 0 amide bonds. The third kappa shape index (κ3) is 4.02. The third-order valence-corrected chi connectivity index (χ3v) is 7.71. The molecule has 7 nitrogen and oxygen atoms in total. The van der Waals surface area contributed by atoms with Crippen molar-refractivity contribution in [2.45, 2.75) is 37.6 Å². The van der Waals surface area contributed by atoms with Crippen LogP contribution in [0.3, 0.4) is 0 Å². The number of nitrogens with one attached hydrogen (secondary N) is 1. The number of aromatic amines is 1. The van der Waals surface area contributed by atoms with Crippen LogP contribution in [-0.2, 0) is 10.2 Å². The molecular weight excluding hydrogens is 505 g/mol. The predicted octanol–water partition coefficient (Wildman–Crippen LogP) is 6.20. The van der Waals surface area contributed by atoms with Gasteiger partial charge < -0.3 is 14.3 Å². The molecule has 0 aliphatic heterocycles. The summed E-state index contributed by atoms with van der Waals surface area (Å²) in [6.45, 7) is 4.38. The molecule has 1 aliphatic rings. The van der Waals surface area contributed by atoms with Crippen LogP contribution in [0.4, 0.5) is 3.89 Å². The lowest BCUT2D eigenvalue weighted by Gasteiger charge is -2.18. The van der Waals surface area contributed by atoms with Gasteiger partial charge >= 0.3 is 10.2 Å². The molecule has 0 radical (unpaired) electrons. The Balaban J connectivity index is 1.71. The van der Waals surface area contributed by atoms with E-state index >= 15 is 0 Å². The number of halogens is 1. The van der Waals surface area contributed by atoms with Crippen LogP contribution in [0.25, 0.3) is 44.0 Å². The molecule has 1 N–H and O–H groups in total. The van der Waals surface area contributed by atoms with Crippen molar-refractivity contribution in [3.8, 4) is 22.9 Å². The lowest BCUT2D eigenvalue weighted by atomic mass is 10.0. The monoisotopic (exact) mass is 529 g/mol. The molecule has 192 valence electrons. The van der Waals surface area contributed by atoms with E-state index < -0.39 is 15.1 Å². The summed E-state index contributed by atoms with van der Waals surface area (Å²) in [6, 6.07) is 16.8. The van der Waals surface area contributed by atoms with Crippen molar-refractivity contribution < 1.29 is 17.0 Å². The van der Waals surface area contributed by atoms with E-state index in [0.717, 1.165) is 18.2 Å². The highest BCUT2D eigenvalue weighted by Crippen LogP contribution is 2.43. The molecule has 0 atom stereocenters. The number of rotatable bonds is 6. The maximum atomic E-state index is 14.0. The van der Waals surface area contributed by atoms with E-state index in [0.29, 0.717) is 56.5 Å². The highest BCUT2D eigenvalue weighted by Gasteiger charge is 2.29. The predicted molar refractivity (Wildman–Crippen MR) is 145 cm³/mol. The Morgan fingerprint density at radius 2 is 1.92 bits per heavy atom. The van der Waals surface area contributed by atoms with Gasteiger partial charge in [0, 0.05) is 22.5 Å². The molecule has 0 unspecified atom stereocenters. The fourth-order valence-corrected chi connectivity index (χ4v) is 5.51. The zero-order valence-corrected chi connectivity index (χ0v) is 21.6. The van der Waals surface area contributed by atoms with Gasteiger partial charge in [0.2, 0.25) is 0 Å². The van der Waals surface area contributed by atoms with Crippen molar-refractivity contribution >= 4 is 43.1 Å². The Labute approximate surface area is 218 Å². The molecule has 1 aliphatic carbocycles. The van der Waals surface area contributed by atoms with Crippen molar-refractivity contribution in [1.82, 2.24) is 9.55 Å². The SMILES string of the molecule is CC(C)COc1cc2c(=O)c3c4ccc(C#N)cc4[nH]c3n(C3CC3)c2cc1-c1cccc(S(=O)(=O)F)c1. The second kappa shape index (κ2) is 8.71. The van der Waals surface area contributed by atoms with Crippen LogP contribution in [0.1, 0.15) is 38.3 Å². The number of pyridine rings is 1. The quantitative estimate of drug-likeness (QED) is 0.264. The molecule has 2 aromatic heterocycles. The van der Waals surface area contributed by atoms with E-state index in [9.17, 15) is 22.4 Å². The number of nitrogens with zero attached hydrogens (tertiary/aromatic N) is 2. The van der Waals surface area contributed by atoms with E-state index in [1.807, 2.05) is 19.9 Å². The molecule has 1 fully saturated rings. The highest BCUT2D eigenvalue weighted by molar-refractivity contribution is 7.86. The van der Waals surface area contributed by atoms with Crippen LogP contribution in [0, 0.1) is 17.2 Å². The summed E-state index contributed by atoms with van der Waals surface area (Å²) in [5, 5.41) is 11.1. The third-order valence-electron chi connectivity index (χ3n) is 6.89. The van der Waals surface area contributed by atoms with Crippen LogP contribution in [0.2, 0.25) is 0 Å². The molecular formula is C29H24FN3O4S. The second-order valence-electron chi connectivity index (χ2n) is 10.2. The molecule has 1 saturated carbocycles. The molecule has 3 aromatic carbocycles. The van der Waals surface area contributed by atoms with Gasteiger partial charge in [-0.15, -0.1) is 3.89 Å². The van der Waals surface area contributed by atoms with Crippen LogP contribution < -0.4 is 10.2 Å². The minimum absolute atomic E-state index is 0.163. The highest BCUT2D eigenvalue weighted by atomic mass is 32.3. The summed E-state index contributed by atoms with van der Waals surface area (Å²) in [4.78, 5) is 16.9. The lowest BCUT2D eigenvalue weighted by molar-refractivity contribution is 0.272. The van der Waals surface area contributed by atoms with Crippen LogP contribution in [0.15, 0.2) is 64.3 Å². The number of hydrogen-bond donors (Lipinski definition) is 1. The topological polar surface area (TPSA) is 105 Å². The molecule has 2 heterocycles. The summed E-state index contributed by atoms with van der Waals surface area (Å²) in [5.74, 6) is 0.620. The molecule has 0 spiro atoms. The summed E-state index contributed by atoms with van der Waals surface area (Å²) in [5.41, 5.74) is 3.43. The smallest absolute Gasteiger partial charge is 0.332 e. The molecule has 38 heavy (non-hydrogen) atoms. The number of hydrogen-bond acceptors (Lipinski definition) is 5. The summed E-state index contributed by atoms with van der Waals surface area (Å²) < 4.78 is 45.4. The molecule has 0 bridgehead atoms. The van der Waals surface area contributed by atoms with Crippen molar-refractivity contribution in [1.29, 1.82) is 5.26 Å². The first-order chi connectivity index (χ1) is 18.2. The fraction of sp³-hybridized carbons (Fsp3) is 0.241. The van der Waals surface area contributed by atoms with E-state index in [2.05, 4.69) is 15.6 Å². The number of ether oxygens (including phenoxy) is 1. The summed E-state index contributed by atoms with van der Waals surface area (Å²) in [7, 11) is -4.91. The molecule has 9 heteroatoms. The average molecular weight is 530 g/mol. The Morgan fingerprint density at radius 1 is 1.13 bits per heavy atom. The zero-order chi connectivity index (χ0) is 26.8. The van der Waals surface area contributed by atoms with Crippen LogP contribution >= 0.6 is 0 Å². The lowest BCUT2D eigenvalue weighted by Crippen LogP contribution is -2.12. The van der Waals surface area contributed by atoms with E-state index in [4.69, 9.17) is 4.74 Å². The Kier molecular flexibility index (Phi) is 5.54. The van der Waals surface area contributed by atoms with Crippen molar-refractivity contribution in [3.05, 3.63) is 70.4 Å². The van der Waals surface area contributed by atoms with Gasteiger partial charge in [-0.1, -0.05) is 32.0 Å². The van der Waals surface area contributed by atoms with E-state index in [1.165, 1.54) is 18.2 Å². The molecule has 0 saturated heterocycles. The largest absolute Gasteiger partial charge is 0.493 e. The minimum atomic E-state index is -4.91. The van der Waals surface area contributed by atoms with Crippen LogP contribution in [0.5, 0.6) is 5.75 Å². The standard InChI is InChI=1S/C29H24FN3O4S/c1-16(2)15-37-26-13-23-25(12-22(26)18-4-3-5-20(11-18)38(30,35)36)33(19-7-8-19)29-27(28(23)34)21-9-6-17(14-31)10-24(21)32-29/h3-6,9-13,16,19,32H,7-8,15H2,1-2H3. The first kappa shape index (κ1) is 24.2. The maximum absolute atomic E-state index is 14.0. The summed E-state index contributed by atoms with van der Waals surface area (Å²) in [6.07, 6.45) is 1.89. The molecule has 5 aromatic rings. The minimum Gasteiger partial charge on any atom is -0.493 e. The van der Waals surface area contributed by atoms with Crippen molar-refractivity contribution in [2.75, 3.05) is 6.61 Å². The molecule has 6 rings (SSSR count). The van der Waals surface area contributed by atoms with Gasteiger partial charge in [0.15, 0.2) is 5.43 Å². The van der Waals surface area contributed by atoms with Gasteiger partial charge in [-0.25, -0.2) is 0 Å². The maximum Gasteiger partial charge on any atom is 0.332 e. The van der Waals surface area contributed by atoms with Gasteiger partial charge in [0.25, 0.3) is 0 Å². The normalized spacial score (nSPS) is 14.0.